The minimum Gasteiger partial charge on any atom is -0.490 e. The number of aliphatic carboxylic acids is 1. The Morgan fingerprint density at radius 3 is 2.56 bits per heavy atom. The zero-order chi connectivity index (χ0) is 13.5. The summed E-state index contributed by atoms with van der Waals surface area (Å²) in [5.41, 5.74) is 0.383. The van der Waals surface area contributed by atoms with Crippen LogP contribution in [0, 0.1) is 0 Å². The van der Waals surface area contributed by atoms with E-state index in [-0.39, 0.29) is 0 Å². The molecule has 2 N–H and O–H groups in total. The summed E-state index contributed by atoms with van der Waals surface area (Å²) in [6, 6.07) is 5.51. The van der Waals surface area contributed by atoms with Crippen molar-refractivity contribution in [3.63, 3.8) is 0 Å². The second-order valence-corrected chi connectivity index (χ2v) is 3.66. The van der Waals surface area contributed by atoms with Gasteiger partial charge < -0.3 is 15.2 Å². The molecule has 5 heteroatoms. The van der Waals surface area contributed by atoms with Crippen LogP contribution in [0.5, 0.6) is 5.75 Å². The van der Waals surface area contributed by atoms with Crippen LogP contribution in [0.2, 0.25) is 0 Å². The lowest BCUT2D eigenvalue weighted by Gasteiger charge is -2.09. The lowest BCUT2D eigenvalue weighted by Crippen LogP contribution is -2.38. The molecule has 1 aromatic carbocycles. The maximum atomic E-state index is 11.7. The van der Waals surface area contributed by atoms with Crippen molar-refractivity contribution in [2.24, 2.45) is 0 Å². The molecule has 1 unspecified atom stereocenters. The van der Waals surface area contributed by atoms with Gasteiger partial charge in [0.15, 0.2) is 0 Å². The average Bonchev–Trinajstić information content (AvgIpc) is 2.36. The molecule has 0 radical (unpaired) electrons. The van der Waals surface area contributed by atoms with Gasteiger partial charge in [-0.05, 0) is 31.2 Å². The fourth-order valence-electron chi connectivity index (χ4n) is 1.20. The Bertz CT molecular complexity index is 439. The number of hydrogen-bond donors (Lipinski definition) is 2. The molecule has 18 heavy (non-hydrogen) atoms. The molecule has 0 saturated carbocycles. The molecule has 5 nitrogen and oxygen atoms in total. The van der Waals surface area contributed by atoms with Crippen LogP contribution in [0.25, 0.3) is 0 Å². The van der Waals surface area contributed by atoms with Crippen molar-refractivity contribution < 1.29 is 19.4 Å². The quantitative estimate of drug-likeness (QED) is 0.748. The van der Waals surface area contributed by atoms with Crippen molar-refractivity contribution in [3.05, 3.63) is 42.5 Å². The molecule has 0 spiro atoms. The van der Waals surface area contributed by atoms with E-state index in [0.29, 0.717) is 17.9 Å². The third-order valence-corrected chi connectivity index (χ3v) is 2.20. The highest BCUT2D eigenvalue weighted by Gasteiger charge is 2.14. The number of carboxylic acids is 1. The van der Waals surface area contributed by atoms with Crippen molar-refractivity contribution in [1.29, 1.82) is 0 Å². The first-order chi connectivity index (χ1) is 8.54. The second kappa shape index (κ2) is 6.44. The van der Waals surface area contributed by atoms with Gasteiger partial charge in [-0.1, -0.05) is 12.7 Å². The summed E-state index contributed by atoms with van der Waals surface area (Å²) < 4.78 is 5.27. The zero-order valence-corrected chi connectivity index (χ0v) is 10.1. The van der Waals surface area contributed by atoms with Crippen LogP contribution in [0.3, 0.4) is 0 Å². The highest BCUT2D eigenvalue weighted by atomic mass is 16.5. The number of carbonyl (C=O) groups is 2. The highest BCUT2D eigenvalue weighted by Crippen LogP contribution is 2.12. The van der Waals surface area contributed by atoms with Gasteiger partial charge in [-0.15, -0.1) is 0 Å². The summed E-state index contributed by atoms with van der Waals surface area (Å²) in [6.07, 6.45) is 1.62. The van der Waals surface area contributed by atoms with Gasteiger partial charge in [0.1, 0.15) is 18.4 Å². The number of hydrogen-bond acceptors (Lipinski definition) is 3. The zero-order valence-electron chi connectivity index (χ0n) is 10.1. The largest absolute Gasteiger partial charge is 0.490 e. The van der Waals surface area contributed by atoms with Gasteiger partial charge in [-0.3, -0.25) is 9.59 Å². The second-order valence-electron chi connectivity index (χ2n) is 3.66. The van der Waals surface area contributed by atoms with E-state index in [4.69, 9.17) is 9.84 Å². The van der Waals surface area contributed by atoms with E-state index >= 15 is 0 Å². The Balaban J connectivity index is 2.64. The molecule has 0 aliphatic heterocycles. The third-order valence-electron chi connectivity index (χ3n) is 2.20. The van der Waals surface area contributed by atoms with Crippen LogP contribution in [0.1, 0.15) is 17.3 Å². The first kappa shape index (κ1) is 13.8. The molecule has 0 saturated heterocycles. The van der Waals surface area contributed by atoms with E-state index in [0.717, 1.165) is 0 Å². The Kier molecular flexibility index (Phi) is 4.92. The maximum absolute atomic E-state index is 11.7. The Morgan fingerprint density at radius 2 is 2.06 bits per heavy atom. The molecule has 1 amide bonds. The first-order valence-corrected chi connectivity index (χ1v) is 5.42. The Morgan fingerprint density at radius 1 is 1.44 bits per heavy atom. The minimum absolute atomic E-state index is 0.383. The van der Waals surface area contributed by atoms with Gasteiger partial charge in [0.25, 0.3) is 5.91 Å². The summed E-state index contributed by atoms with van der Waals surface area (Å²) in [7, 11) is 0. The van der Waals surface area contributed by atoms with Crippen molar-refractivity contribution in [1.82, 2.24) is 5.32 Å². The Hall–Kier alpha value is -2.30. The number of ether oxygens (including phenoxy) is 1. The number of carbonyl (C=O) groups excluding carboxylic acids is 1. The smallest absolute Gasteiger partial charge is 0.325 e. The van der Waals surface area contributed by atoms with Crippen LogP contribution in [-0.2, 0) is 4.79 Å². The van der Waals surface area contributed by atoms with Crippen molar-refractivity contribution >= 4 is 11.9 Å². The van der Waals surface area contributed by atoms with Gasteiger partial charge in [-0.2, -0.15) is 0 Å². The van der Waals surface area contributed by atoms with Crippen molar-refractivity contribution in [3.8, 4) is 5.75 Å². The summed E-state index contributed by atoms with van der Waals surface area (Å²) >= 11 is 0. The predicted molar refractivity (Wildman–Crippen MR) is 66.7 cm³/mol. The predicted octanol–water partition coefficient (Wildman–Crippen LogP) is 1.45. The van der Waals surface area contributed by atoms with Crippen LogP contribution >= 0.6 is 0 Å². The molecule has 96 valence electrons. The highest BCUT2D eigenvalue weighted by molar-refractivity contribution is 5.96. The number of nitrogens with one attached hydrogen (secondary N) is 1. The monoisotopic (exact) mass is 249 g/mol. The molecule has 0 aromatic heterocycles. The Labute approximate surface area is 105 Å². The van der Waals surface area contributed by atoms with Crippen LogP contribution in [-0.4, -0.2) is 29.6 Å². The third kappa shape index (κ3) is 3.93. The van der Waals surface area contributed by atoms with Crippen LogP contribution in [0.15, 0.2) is 36.9 Å². The summed E-state index contributed by atoms with van der Waals surface area (Å²) in [5, 5.41) is 11.0. The molecule has 1 rings (SSSR count). The fraction of sp³-hybridized carbons (Fsp3) is 0.231. The van der Waals surface area contributed by atoms with E-state index in [1.54, 1.807) is 30.3 Å². The van der Waals surface area contributed by atoms with Crippen LogP contribution in [0.4, 0.5) is 0 Å². The summed E-state index contributed by atoms with van der Waals surface area (Å²) in [5.74, 6) is -0.882. The van der Waals surface area contributed by atoms with E-state index in [9.17, 15) is 9.59 Å². The lowest BCUT2D eigenvalue weighted by atomic mass is 10.2. The van der Waals surface area contributed by atoms with Crippen molar-refractivity contribution in [2.45, 2.75) is 13.0 Å². The number of carboxylic acid groups (broad SMARTS) is 1. The average molecular weight is 249 g/mol. The van der Waals surface area contributed by atoms with E-state index in [2.05, 4.69) is 11.9 Å². The topological polar surface area (TPSA) is 75.6 Å². The molecular weight excluding hydrogens is 234 g/mol. The number of amides is 1. The molecule has 1 atom stereocenters. The van der Waals surface area contributed by atoms with E-state index < -0.39 is 17.9 Å². The SMILES string of the molecule is C=CCOc1ccc(C(=O)NC(C)C(=O)O)cc1. The van der Waals surface area contributed by atoms with Gasteiger partial charge in [0, 0.05) is 5.56 Å². The fourth-order valence-corrected chi connectivity index (χ4v) is 1.20. The molecule has 0 bridgehead atoms. The molecule has 1 aromatic rings. The molecule has 0 aliphatic carbocycles. The van der Waals surface area contributed by atoms with E-state index in [1.165, 1.54) is 6.92 Å². The standard InChI is InChI=1S/C13H15NO4/c1-3-8-18-11-6-4-10(5-7-11)12(15)14-9(2)13(16)17/h3-7,9H,1,8H2,2H3,(H,14,15)(H,16,17). The molecule has 0 heterocycles. The number of benzene rings is 1. The van der Waals surface area contributed by atoms with Crippen molar-refractivity contribution in [2.75, 3.05) is 6.61 Å². The lowest BCUT2D eigenvalue weighted by molar-refractivity contribution is -0.138. The normalized spacial score (nSPS) is 11.4. The minimum atomic E-state index is -1.07. The molecular formula is C13H15NO4. The van der Waals surface area contributed by atoms with Gasteiger partial charge in [0.2, 0.25) is 0 Å². The first-order valence-electron chi connectivity index (χ1n) is 5.42. The number of rotatable bonds is 6. The van der Waals surface area contributed by atoms with Gasteiger partial charge in [-0.25, -0.2) is 0 Å². The van der Waals surface area contributed by atoms with E-state index in [1.807, 2.05) is 0 Å². The van der Waals surface area contributed by atoms with Crippen LogP contribution < -0.4 is 10.1 Å². The van der Waals surface area contributed by atoms with Gasteiger partial charge in [0.05, 0.1) is 0 Å². The summed E-state index contributed by atoms with van der Waals surface area (Å²) in [6.45, 7) is 5.32. The van der Waals surface area contributed by atoms with Gasteiger partial charge >= 0.3 is 5.97 Å². The molecule has 0 aliphatic rings. The summed E-state index contributed by atoms with van der Waals surface area (Å²) in [4.78, 5) is 22.2. The molecule has 0 fully saturated rings. The maximum Gasteiger partial charge on any atom is 0.325 e.